The molecule has 2 rings (SSSR count). The monoisotopic (exact) mass is 274 g/mol. The summed E-state index contributed by atoms with van der Waals surface area (Å²) in [6.07, 6.45) is 2.40. The molecule has 1 amide bonds. The van der Waals surface area contributed by atoms with Crippen LogP contribution in [0.1, 0.15) is 45.1 Å². The minimum absolute atomic E-state index is 0.0694. The van der Waals surface area contributed by atoms with Crippen LogP contribution in [0.4, 0.5) is 0 Å². The number of benzene rings is 1. The summed E-state index contributed by atoms with van der Waals surface area (Å²) in [5.74, 6) is 0.167. The lowest BCUT2D eigenvalue weighted by Crippen LogP contribution is -2.46. The van der Waals surface area contributed by atoms with Gasteiger partial charge in [0.25, 0.3) is 0 Å². The molecule has 1 aromatic rings. The second kappa shape index (κ2) is 6.89. The number of carbonyl (C=O) groups excluding carboxylic acids is 1. The Balaban J connectivity index is 2.06. The van der Waals surface area contributed by atoms with Crippen LogP contribution >= 0.6 is 0 Å². The van der Waals surface area contributed by atoms with Gasteiger partial charge in [0.15, 0.2) is 0 Å². The van der Waals surface area contributed by atoms with Crippen LogP contribution < -0.4 is 5.32 Å². The quantitative estimate of drug-likeness (QED) is 0.895. The van der Waals surface area contributed by atoms with Gasteiger partial charge in [-0.2, -0.15) is 0 Å². The number of hydrogen-bond acceptors (Lipinski definition) is 2. The molecule has 1 aromatic carbocycles. The summed E-state index contributed by atoms with van der Waals surface area (Å²) < 4.78 is 0. The van der Waals surface area contributed by atoms with E-state index in [0.717, 1.165) is 18.7 Å². The largest absolute Gasteiger partial charge is 0.338 e. The van der Waals surface area contributed by atoms with Crippen LogP contribution in [0.25, 0.3) is 0 Å². The van der Waals surface area contributed by atoms with Gasteiger partial charge in [-0.05, 0) is 45.7 Å². The van der Waals surface area contributed by atoms with Crippen LogP contribution in [-0.4, -0.2) is 36.0 Å². The first-order valence-electron chi connectivity index (χ1n) is 7.68. The maximum Gasteiger partial charge on any atom is 0.230 e. The zero-order chi connectivity index (χ0) is 14.5. The molecule has 0 aromatic heterocycles. The van der Waals surface area contributed by atoms with Gasteiger partial charge in [-0.1, -0.05) is 30.3 Å². The molecule has 20 heavy (non-hydrogen) atoms. The molecule has 2 atom stereocenters. The van der Waals surface area contributed by atoms with E-state index in [9.17, 15) is 4.79 Å². The highest BCUT2D eigenvalue weighted by Gasteiger charge is 2.27. The molecule has 0 bridgehead atoms. The highest BCUT2D eigenvalue weighted by atomic mass is 16.2. The van der Waals surface area contributed by atoms with Gasteiger partial charge < -0.3 is 10.2 Å². The van der Waals surface area contributed by atoms with Gasteiger partial charge in [0.05, 0.1) is 5.92 Å². The Labute approximate surface area is 122 Å². The van der Waals surface area contributed by atoms with E-state index >= 15 is 0 Å². The Bertz CT molecular complexity index is 424. The zero-order valence-electron chi connectivity index (χ0n) is 12.8. The lowest BCUT2D eigenvalue weighted by molar-refractivity contribution is -0.134. The Morgan fingerprint density at radius 3 is 2.55 bits per heavy atom. The molecule has 2 unspecified atom stereocenters. The van der Waals surface area contributed by atoms with Crippen molar-refractivity contribution in [1.29, 1.82) is 0 Å². The van der Waals surface area contributed by atoms with Crippen molar-refractivity contribution in [2.75, 3.05) is 13.1 Å². The van der Waals surface area contributed by atoms with Crippen molar-refractivity contribution in [3.63, 3.8) is 0 Å². The summed E-state index contributed by atoms with van der Waals surface area (Å²) in [7, 11) is 0. The van der Waals surface area contributed by atoms with E-state index in [1.54, 1.807) is 0 Å². The maximum absolute atomic E-state index is 12.8. The minimum Gasteiger partial charge on any atom is -0.338 e. The predicted molar refractivity (Wildman–Crippen MR) is 82.7 cm³/mol. The van der Waals surface area contributed by atoms with Gasteiger partial charge in [-0.25, -0.2) is 0 Å². The first-order chi connectivity index (χ1) is 9.59. The van der Waals surface area contributed by atoms with Crippen LogP contribution in [-0.2, 0) is 4.79 Å². The lowest BCUT2D eigenvalue weighted by Gasteiger charge is -2.32. The van der Waals surface area contributed by atoms with E-state index in [1.807, 2.05) is 42.2 Å². The fourth-order valence-electron chi connectivity index (χ4n) is 2.84. The molecule has 0 saturated carbocycles. The van der Waals surface area contributed by atoms with Gasteiger partial charge >= 0.3 is 0 Å². The van der Waals surface area contributed by atoms with E-state index in [0.29, 0.717) is 6.04 Å². The van der Waals surface area contributed by atoms with E-state index < -0.39 is 0 Å². The second-order valence-electron chi connectivity index (χ2n) is 6.01. The van der Waals surface area contributed by atoms with Gasteiger partial charge in [-0.3, -0.25) is 4.79 Å². The SMILES string of the molecule is CC(C(=O)N(CC1CCCN1)C(C)C)c1ccccc1. The molecule has 0 spiro atoms. The van der Waals surface area contributed by atoms with E-state index in [2.05, 4.69) is 19.2 Å². The average Bonchev–Trinajstić information content (AvgIpc) is 2.97. The van der Waals surface area contributed by atoms with Crippen molar-refractivity contribution < 1.29 is 4.79 Å². The number of nitrogens with one attached hydrogen (secondary N) is 1. The summed E-state index contributed by atoms with van der Waals surface area (Å²) in [4.78, 5) is 14.8. The molecule has 1 N–H and O–H groups in total. The molecule has 0 aliphatic carbocycles. The highest BCUT2D eigenvalue weighted by Crippen LogP contribution is 2.20. The van der Waals surface area contributed by atoms with Gasteiger partial charge in [0.1, 0.15) is 0 Å². The number of carbonyl (C=O) groups is 1. The second-order valence-corrected chi connectivity index (χ2v) is 6.01. The standard InChI is InChI=1S/C17H26N2O/c1-13(2)19(12-16-10-7-11-18-16)17(20)14(3)15-8-5-4-6-9-15/h4-6,8-9,13-14,16,18H,7,10-12H2,1-3H3. The normalized spacial score (nSPS) is 20.1. The Morgan fingerprint density at radius 1 is 1.30 bits per heavy atom. The average molecular weight is 274 g/mol. The topological polar surface area (TPSA) is 32.3 Å². The van der Waals surface area contributed by atoms with E-state index in [4.69, 9.17) is 0 Å². The Kier molecular flexibility index (Phi) is 5.18. The molecule has 3 nitrogen and oxygen atoms in total. The lowest BCUT2D eigenvalue weighted by atomic mass is 9.99. The fourth-order valence-corrected chi connectivity index (χ4v) is 2.84. The summed E-state index contributed by atoms with van der Waals surface area (Å²) in [6, 6.07) is 10.8. The number of rotatable bonds is 5. The molecular weight excluding hydrogens is 248 g/mol. The van der Waals surface area contributed by atoms with Crippen molar-refractivity contribution in [2.24, 2.45) is 0 Å². The van der Waals surface area contributed by atoms with Crippen molar-refractivity contribution in [3.8, 4) is 0 Å². The van der Waals surface area contributed by atoms with E-state index in [-0.39, 0.29) is 17.9 Å². The third-order valence-corrected chi connectivity index (χ3v) is 4.16. The van der Waals surface area contributed by atoms with E-state index in [1.165, 1.54) is 12.8 Å². The van der Waals surface area contributed by atoms with Crippen LogP contribution in [0, 0.1) is 0 Å². The predicted octanol–water partition coefficient (Wildman–Crippen LogP) is 2.78. The van der Waals surface area contributed by atoms with Gasteiger partial charge in [0.2, 0.25) is 5.91 Å². The molecule has 1 aliphatic rings. The van der Waals surface area contributed by atoms with Crippen LogP contribution in [0.15, 0.2) is 30.3 Å². The zero-order valence-corrected chi connectivity index (χ0v) is 12.8. The molecular formula is C17H26N2O. The molecule has 1 heterocycles. The van der Waals surface area contributed by atoms with Gasteiger partial charge in [0, 0.05) is 18.6 Å². The Hall–Kier alpha value is -1.35. The molecule has 3 heteroatoms. The first kappa shape index (κ1) is 15.0. The third-order valence-electron chi connectivity index (χ3n) is 4.16. The first-order valence-corrected chi connectivity index (χ1v) is 7.68. The van der Waals surface area contributed by atoms with Crippen LogP contribution in [0.3, 0.4) is 0 Å². The third kappa shape index (κ3) is 3.60. The fraction of sp³-hybridized carbons (Fsp3) is 0.588. The van der Waals surface area contributed by atoms with Crippen molar-refractivity contribution in [3.05, 3.63) is 35.9 Å². The molecule has 0 radical (unpaired) electrons. The van der Waals surface area contributed by atoms with Crippen molar-refractivity contribution in [1.82, 2.24) is 10.2 Å². The summed E-state index contributed by atoms with van der Waals surface area (Å²) in [5.41, 5.74) is 1.10. The van der Waals surface area contributed by atoms with Crippen molar-refractivity contribution in [2.45, 2.75) is 51.6 Å². The minimum atomic E-state index is -0.0694. The molecule has 1 saturated heterocycles. The molecule has 1 aliphatic heterocycles. The van der Waals surface area contributed by atoms with Gasteiger partial charge in [-0.15, -0.1) is 0 Å². The number of hydrogen-bond donors (Lipinski definition) is 1. The highest BCUT2D eigenvalue weighted by molar-refractivity contribution is 5.83. The van der Waals surface area contributed by atoms with Crippen molar-refractivity contribution >= 4 is 5.91 Å². The van der Waals surface area contributed by atoms with Crippen LogP contribution in [0.2, 0.25) is 0 Å². The van der Waals surface area contributed by atoms with Crippen LogP contribution in [0.5, 0.6) is 0 Å². The molecule has 1 fully saturated rings. The summed E-state index contributed by atoms with van der Waals surface area (Å²) in [6.45, 7) is 8.12. The Morgan fingerprint density at radius 2 is 2.00 bits per heavy atom. The number of amides is 1. The molecule has 110 valence electrons. The number of nitrogens with zero attached hydrogens (tertiary/aromatic N) is 1. The summed E-state index contributed by atoms with van der Waals surface area (Å²) >= 11 is 0. The smallest absolute Gasteiger partial charge is 0.230 e. The maximum atomic E-state index is 12.8. The summed E-state index contributed by atoms with van der Waals surface area (Å²) in [5, 5.41) is 3.48.